The summed E-state index contributed by atoms with van der Waals surface area (Å²) in [6, 6.07) is 8.05. The number of aryl methyl sites for hydroxylation is 1. The van der Waals surface area contributed by atoms with Crippen LogP contribution in [0.15, 0.2) is 35.9 Å². The summed E-state index contributed by atoms with van der Waals surface area (Å²) in [5.74, 6) is 0.245. The standard InChI is InChI=1S/C14H18O/c1-4-12(5-2)14(15)10-13-9-7-6-8-11(13)3/h4,6-9H,5,10H2,1-3H3/b12-4-. The maximum atomic E-state index is 11.9. The molecule has 0 aliphatic carbocycles. The summed E-state index contributed by atoms with van der Waals surface area (Å²) >= 11 is 0. The molecule has 0 aromatic heterocycles. The van der Waals surface area contributed by atoms with Crippen molar-refractivity contribution in [2.75, 3.05) is 0 Å². The average molecular weight is 202 g/mol. The van der Waals surface area contributed by atoms with Gasteiger partial charge in [-0.2, -0.15) is 0 Å². The highest BCUT2D eigenvalue weighted by molar-refractivity contribution is 5.96. The SMILES string of the molecule is C/C=C(/CC)C(=O)Cc1ccccc1C. The van der Waals surface area contributed by atoms with E-state index >= 15 is 0 Å². The highest BCUT2D eigenvalue weighted by Crippen LogP contribution is 2.12. The fourth-order valence-electron chi connectivity index (χ4n) is 1.66. The van der Waals surface area contributed by atoms with Crippen LogP contribution in [0.3, 0.4) is 0 Å². The molecule has 0 atom stereocenters. The van der Waals surface area contributed by atoms with Gasteiger partial charge in [0.1, 0.15) is 0 Å². The third-order valence-electron chi connectivity index (χ3n) is 2.70. The molecule has 1 rings (SSSR count). The van der Waals surface area contributed by atoms with E-state index in [-0.39, 0.29) is 5.78 Å². The Labute approximate surface area is 91.8 Å². The first-order valence-corrected chi connectivity index (χ1v) is 5.42. The smallest absolute Gasteiger partial charge is 0.162 e. The lowest BCUT2D eigenvalue weighted by molar-refractivity contribution is -0.115. The molecule has 1 nitrogen and oxygen atoms in total. The van der Waals surface area contributed by atoms with Crippen molar-refractivity contribution in [2.45, 2.75) is 33.6 Å². The zero-order chi connectivity index (χ0) is 11.3. The summed E-state index contributed by atoms with van der Waals surface area (Å²) in [6.45, 7) is 5.99. The number of allylic oxidation sites excluding steroid dienone is 2. The molecule has 0 saturated carbocycles. The Balaban J connectivity index is 2.79. The van der Waals surface area contributed by atoms with Crippen molar-refractivity contribution in [1.82, 2.24) is 0 Å². The van der Waals surface area contributed by atoms with Crippen LogP contribution in [0.5, 0.6) is 0 Å². The van der Waals surface area contributed by atoms with Gasteiger partial charge >= 0.3 is 0 Å². The fourth-order valence-corrected chi connectivity index (χ4v) is 1.66. The lowest BCUT2D eigenvalue weighted by Crippen LogP contribution is -2.06. The van der Waals surface area contributed by atoms with Gasteiger partial charge in [-0.25, -0.2) is 0 Å². The molecule has 0 spiro atoms. The van der Waals surface area contributed by atoms with Crippen LogP contribution in [-0.2, 0) is 11.2 Å². The normalized spacial score (nSPS) is 11.5. The minimum Gasteiger partial charge on any atom is -0.294 e. The van der Waals surface area contributed by atoms with Crippen LogP contribution in [0.25, 0.3) is 0 Å². The molecule has 0 aliphatic rings. The molecule has 1 aromatic carbocycles. The van der Waals surface area contributed by atoms with E-state index < -0.39 is 0 Å². The second-order valence-electron chi connectivity index (χ2n) is 3.69. The van der Waals surface area contributed by atoms with Gasteiger partial charge in [-0.1, -0.05) is 37.3 Å². The van der Waals surface area contributed by atoms with Crippen molar-refractivity contribution in [2.24, 2.45) is 0 Å². The summed E-state index contributed by atoms with van der Waals surface area (Å²) in [4.78, 5) is 11.9. The summed E-state index contributed by atoms with van der Waals surface area (Å²) in [5.41, 5.74) is 3.26. The van der Waals surface area contributed by atoms with Crippen molar-refractivity contribution >= 4 is 5.78 Å². The van der Waals surface area contributed by atoms with E-state index in [1.807, 2.05) is 51.1 Å². The number of hydrogen-bond acceptors (Lipinski definition) is 1. The molecule has 15 heavy (non-hydrogen) atoms. The maximum absolute atomic E-state index is 11.9. The molecule has 1 aromatic rings. The predicted octanol–water partition coefficient (Wildman–Crippen LogP) is 3.46. The van der Waals surface area contributed by atoms with Gasteiger partial charge in [-0.3, -0.25) is 4.79 Å². The highest BCUT2D eigenvalue weighted by atomic mass is 16.1. The molecule has 0 fully saturated rings. The quantitative estimate of drug-likeness (QED) is 0.683. The van der Waals surface area contributed by atoms with E-state index in [2.05, 4.69) is 0 Å². The van der Waals surface area contributed by atoms with Crippen molar-refractivity contribution in [3.05, 3.63) is 47.0 Å². The topological polar surface area (TPSA) is 17.1 Å². The molecule has 0 aliphatic heterocycles. The van der Waals surface area contributed by atoms with Crippen LogP contribution in [0.4, 0.5) is 0 Å². The largest absolute Gasteiger partial charge is 0.294 e. The third-order valence-corrected chi connectivity index (χ3v) is 2.70. The van der Waals surface area contributed by atoms with E-state index in [1.54, 1.807) is 0 Å². The van der Waals surface area contributed by atoms with E-state index in [1.165, 1.54) is 5.56 Å². The Morgan fingerprint density at radius 1 is 1.33 bits per heavy atom. The molecule has 0 N–H and O–H groups in total. The van der Waals surface area contributed by atoms with Gasteiger partial charge in [0.25, 0.3) is 0 Å². The Morgan fingerprint density at radius 3 is 2.53 bits per heavy atom. The molecule has 0 radical (unpaired) electrons. The zero-order valence-corrected chi connectivity index (χ0v) is 9.71. The van der Waals surface area contributed by atoms with E-state index in [4.69, 9.17) is 0 Å². The predicted molar refractivity (Wildman–Crippen MR) is 63.9 cm³/mol. The summed E-state index contributed by atoms with van der Waals surface area (Å²) < 4.78 is 0. The number of carbonyl (C=O) groups excluding carboxylic acids is 1. The molecule has 0 bridgehead atoms. The van der Waals surface area contributed by atoms with E-state index in [9.17, 15) is 4.79 Å². The van der Waals surface area contributed by atoms with Crippen LogP contribution in [0.2, 0.25) is 0 Å². The molecular weight excluding hydrogens is 184 g/mol. The fraction of sp³-hybridized carbons (Fsp3) is 0.357. The Kier molecular flexibility index (Phi) is 4.29. The minimum atomic E-state index is 0.245. The Bertz CT molecular complexity index is 375. The number of benzene rings is 1. The van der Waals surface area contributed by atoms with E-state index in [0.717, 1.165) is 17.6 Å². The Hall–Kier alpha value is -1.37. The molecule has 1 heteroatoms. The van der Waals surface area contributed by atoms with Crippen molar-refractivity contribution < 1.29 is 4.79 Å². The molecule has 80 valence electrons. The number of carbonyl (C=O) groups is 1. The maximum Gasteiger partial charge on any atom is 0.162 e. The zero-order valence-electron chi connectivity index (χ0n) is 9.71. The number of rotatable bonds is 4. The van der Waals surface area contributed by atoms with Crippen molar-refractivity contribution in [1.29, 1.82) is 0 Å². The molecule has 0 saturated heterocycles. The van der Waals surface area contributed by atoms with Gasteiger partial charge < -0.3 is 0 Å². The average Bonchev–Trinajstić information content (AvgIpc) is 2.23. The minimum absolute atomic E-state index is 0.245. The van der Waals surface area contributed by atoms with Gasteiger partial charge in [-0.15, -0.1) is 0 Å². The number of ketones is 1. The second-order valence-corrected chi connectivity index (χ2v) is 3.69. The van der Waals surface area contributed by atoms with Crippen molar-refractivity contribution in [3.63, 3.8) is 0 Å². The highest BCUT2D eigenvalue weighted by Gasteiger charge is 2.08. The second kappa shape index (κ2) is 5.50. The summed E-state index contributed by atoms with van der Waals surface area (Å²) in [7, 11) is 0. The molecular formula is C14H18O. The molecule has 0 amide bonds. The first-order chi connectivity index (χ1) is 7.19. The molecule has 0 unspecified atom stereocenters. The van der Waals surface area contributed by atoms with Crippen LogP contribution < -0.4 is 0 Å². The Morgan fingerprint density at radius 2 is 2.00 bits per heavy atom. The van der Waals surface area contributed by atoms with Crippen LogP contribution in [0, 0.1) is 6.92 Å². The van der Waals surface area contributed by atoms with E-state index in [0.29, 0.717) is 6.42 Å². The number of Topliss-reactive ketones (excluding diaryl/α,β-unsaturated/α-hetero) is 1. The first kappa shape index (κ1) is 11.7. The first-order valence-electron chi connectivity index (χ1n) is 5.42. The van der Waals surface area contributed by atoms with Crippen LogP contribution >= 0.6 is 0 Å². The van der Waals surface area contributed by atoms with Gasteiger partial charge in [0.15, 0.2) is 5.78 Å². The van der Waals surface area contributed by atoms with Gasteiger partial charge in [0.05, 0.1) is 0 Å². The summed E-state index contributed by atoms with van der Waals surface area (Å²) in [6.07, 6.45) is 3.27. The van der Waals surface area contributed by atoms with Crippen LogP contribution in [0.1, 0.15) is 31.4 Å². The van der Waals surface area contributed by atoms with Gasteiger partial charge in [0, 0.05) is 6.42 Å². The lowest BCUT2D eigenvalue weighted by Gasteiger charge is -2.06. The summed E-state index contributed by atoms with van der Waals surface area (Å²) in [5, 5.41) is 0. The third kappa shape index (κ3) is 3.05. The van der Waals surface area contributed by atoms with Crippen LogP contribution in [-0.4, -0.2) is 5.78 Å². The van der Waals surface area contributed by atoms with Crippen molar-refractivity contribution in [3.8, 4) is 0 Å². The number of hydrogen-bond donors (Lipinski definition) is 0. The monoisotopic (exact) mass is 202 g/mol. The van der Waals surface area contributed by atoms with Gasteiger partial charge in [-0.05, 0) is 37.0 Å². The molecule has 0 heterocycles. The van der Waals surface area contributed by atoms with Gasteiger partial charge in [0.2, 0.25) is 0 Å². The lowest BCUT2D eigenvalue weighted by atomic mass is 9.98.